The van der Waals surface area contributed by atoms with Crippen LogP contribution in [-0.4, -0.2) is 11.2 Å². The molecule has 0 aromatic rings. The predicted octanol–water partition coefficient (Wildman–Crippen LogP) is 3.61. The van der Waals surface area contributed by atoms with Gasteiger partial charge in [0.05, 0.1) is 6.10 Å². The van der Waals surface area contributed by atoms with E-state index in [1.807, 2.05) is 0 Å². The highest BCUT2D eigenvalue weighted by atomic mass is 16.3. The summed E-state index contributed by atoms with van der Waals surface area (Å²) in [5.41, 5.74) is 1.02. The van der Waals surface area contributed by atoms with Gasteiger partial charge in [-0.1, -0.05) is 34.1 Å². The van der Waals surface area contributed by atoms with E-state index in [0.29, 0.717) is 16.7 Å². The summed E-state index contributed by atoms with van der Waals surface area (Å²) in [5.74, 6) is 1.37. The Morgan fingerprint density at radius 1 is 1.00 bits per heavy atom. The molecule has 0 spiro atoms. The maximum absolute atomic E-state index is 10.8. The van der Waals surface area contributed by atoms with E-state index in [4.69, 9.17) is 0 Å². The van der Waals surface area contributed by atoms with Crippen LogP contribution in [-0.2, 0) is 0 Å². The van der Waals surface area contributed by atoms with Crippen molar-refractivity contribution >= 4 is 0 Å². The molecule has 3 aliphatic rings. The number of aliphatic hydroxyl groups excluding tert-OH is 1. The predicted molar refractivity (Wildman–Crippen MR) is 66.1 cm³/mol. The van der Waals surface area contributed by atoms with E-state index in [1.165, 1.54) is 32.1 Å². The number of rotatable bonds is 0. The standard InChI is InChI=1S/C15H26O/c1-13(2)10-6-9-14(3)7-5-8-15(14,4)12(16)11(10)13/h10-12,16H,5-9H2,1-4H3. The van der Waals surface area contributed by atoms with E-state index in [-0.39, 0.29) is 11.5 Å². The number of aliphatic hydroxyl groups is 1. The smallest absolute Gasteiger partial charge is 0.0635 e. The molecule has 1 nitrogen and oxygen atoms in total. The minimum atomic E-state index is -0.0532. The van der Waals surface area contributed by atoms with Gasteiger partial charge in [0.1, 0.15) is 0 Å². The molecular formula is C15H26O. The largest absolute Gasteiger partial charge is 0.392 e. The zero-order chi connectivity index (χ0) is 11.8. The molecule has 1 N–H and O–H groups in total. The molecule has 16 heavy (non-hydrogen) atoms. The maximum atomic E-state index is 10.8. The first-order valence-corrected chi connectivity index (χ1v) is 7.01. The molecule has 0 aromatic carbocycles. The van der Waals surface area contributed by atoms with Crippen LogP contribution in [0.4, 0.5) is 0 Å². The van der Waals surface area contributed by atoms with E-state index < -0.39 is 0 Å². The van der Waals surface area contributed by atoms with Gasteiger partial charge in [-0.2, -0.15) is 0 Å². The van der Waals surface area contributed by atoms with Crippen LogP contribution in [0.3, 0.4) is 0 Å². The van der Waals surface area contributed by atoms with Gasteiger partial charge < -0.3 is 5.11 Å². The van der Waals surface area contributed by atoms with Gasteiger partial charge in [-0.05, 0) is 53.8 Å². The molecule has 0 heterocycles. The first kappa shape index (κ1) is 11.1. The summed E-state index contributed by atoms with van der Waals surface area (Å²) in [4.78, 5) is 0. The number of hydrogen-bond acceptors (Lipinski definition) is 1. The van der Waals surface area contributed by atoms with Crippen molar-refractivity contribution in [3.8, 4) is 0 Å². The Kier molecular flexibility index (Phi) is 1.98. The molecule has 3 aliphatic carbocycles. The van der Waals surface area contributed by atoms with Crippen LogP contribution in [0.1, 0.15) is 59.8 Å². The number of hydrogen-bond donors (Lipinski definition) is 1. The summed E-state index contributed by atoms with van der Waals surface area (Å²) < 4.78 is 0. The summed E-state index contributed by atoms with van der Waals surface area (Å²) in [6.45, 7) is 9.50. The third kappa shape index (κ3) is 1.06. The van der Waals surface area contributed by atoms with Gasteiger partial charge in [-0.25, -0.2) is 0 Å². The maximum Gasteiger partial charge on any atom is 0.0635 e. The molecule has 5 atom stereocenters. The van der Waals surface area contributed by atoms with Crippen molar-refractivity contribution < 1.29 is 5.11 Å². The summed E-state index contributed by atoms with van der Waals surface area (Å²) in [5, 5.41) is 10.8. The molecule has 1 heteroatoms. The summed E-state index contributed by atoms with van der Waals surface area (Å²) in [6.07, 6.45) is 6.53. The topological polar surface area (TPSA) is 20.2 Å². The van der Waals surface area contributed by atoms with Crippen LogP contribution in [0, 0.1) is 28.1 Å². The van der Waals surface area contributed by atoms with E-state index in [1.54, 1.807) is 0 Å². The molecule has 3 rings (SSSR count). The second-order valence-electron chi connectivity index (χ2n) is 7.77. The SMILES string of the molecule is CC1(C)C2CCC3(C)CCCC3(C)C(O)C21. The van der Waals surface area contributed by atoms with Crippen LogP contribution in [0.15, 0.2) is 0 Å². The zero-order valence-corrected chi connectivity index (χ0v) is 11.2. The normalized spacial score (nSPS) is 58.7. The van der Waals surface area contributed by atoms with Crippen LogP contribution >= 0.6 is 0 Å². The average Bonchev–Trinajstić information content (AvgIpc) is 2.63. The van der Waals surface area contributed by atoms with Gasteiger partial charge in [0, 0.05) is 0 Å². The van der Waals surface area contributed by atoms with Gasteiger partial charge in [0.15, 0.2) is 0 Å². The second kappa shape index (κ2) is 2.85. The van der Waals surface area contributed by atoms with Crippen LogP contribution in [0.2, 0.25) is 0 Å². The zero-order valence-electron chi connectivity index (χ0n) is 11.2. The Labute approximate surface area is 99.6 Å². The van der Waals surface area contributed by atoms with Gasteiger partial charge in [-0.15, -0.1) is 0 Å². The lowest BCUT2D eigenvalue weighted by atomic mass is 9.62. The number of fused-ring (bicyclic) bond motifs is 2. The van der Waals surface area contributed by atoms with Crippen molar-refractivity contribution in [2.24, 2.45) is 28.1 Å². The Morgan fingerprint density at radius 2 is 1.69 bits per heavy atom. The minimum Gasteiger partial charge on any atom is -0.392 e. The van der Waals surface area contributed by atoms with Crippen molar-refractivity contribution in [1.29, 1.82) is 0 Å². The van der Waals surface area contributed by atoms with Gasteiger partial charge in [0.25, 0.3) is 0 Å². The fourth-order valence-electron chi connectivity index (χ4n) is 5.18. The Bertz CT molecular complexity index is 321. The lowest BCUT2D eigenvalue weighted by molar-refractivity contribution is -0.0523. The Hall–Kier alpha value is -0.0400. The highest BCUT2D eigenvalue weighted by Crippen LogP contribution is 2.72. The van der Waals surface area contributed by atoms with Crippen molar-refractivity contribution in [3.05, 3.63) is 0 Å². The summed E-state index contributed by atoms with van der Waals surface area (Å²) in [7, 11) is 0. The first-order valence-electron chi connectivity index (χ1n) is 7.01. The lowest BCUT2D eigenvalue weighted by Gasteiger charge is -2.44. The summed E-state index contributed by atoms with van der Waals surface area (Å²) >= 11 is 0. The molecular weight excluding hydrogens is 196 g/mol. The molecule has 3 saturated carbocycles. The molecule has 0 saturated heterocycles. The fourth-order valence-corrected chi connectivity index (χ4v) is 5.18. The Balaban J connectivity index is 1.97. The monoisotopic (exact) mass is 222 g/mol. The van der Waals surface area contributed by atoms with Crippen LogP contribution in [0.25, 0.3) is 0 Å². The van der Waals surface area contributed by atoms with Crippen molar-refractivity contribution in [1.82, 2.24) is 0 Å². The third-order valence-corrected chi connectivity index (χ3v) is 6.94. The molecule has 0 amide bonds. The van der Waals surface area contributed by atoms with Crippen molar-refractivity contribution in [3.63, 3.8) is 0 Å². The average molecular weight is 222 g/mol. The van der Waals surface area contributed by atoms with Crippen molar-refractivity contribution in [2.75, 3.05) is 0 Å². The van der Waals surface area contributed by atoms with Gasteiger partial charge >= 0.3 is 0 Å². The Morgan fingerprint density at radius 3 is 2.38 bits per heavy atom. The van der Waals surface area contributed by atoms with E-state index in [9.17, 15) is 5.11 Å². The fraction of sp³-hybridized carbons (Fsp3) is 1.00. The first-order chi connectivity index (χ1) is 7.33. The lowest BCUT2D eigenvalue weighted by Crippen LogP contribution is -2.43. The van der Waals surface area contributed by atoms with Gasteiger partial charge in [0.2, 0.25) is 0 Å². The van der Waals surface area contributed by atoms with Crippen LogP contribution in [0.5, 0.6) is 0 Å². The molecule has 0 radical (unpaired) electrons. The second-order valence-corrected chi connectivity index (χ2v) is 7.77. The molecule has 3 fully saturated rings. The van der Waals surface area contributed by atoms with E-state index in [0.717, 1.165) is 5.92 Å². The molecule has 92 valence electrons. The summed E-state index contributed by atoms with van der Waals surface area (Å²) in [6, 6.07) is 0. The quantitative estimate of drug-likeness (QED) is 0.664. The van der Waals surface area contributed by atoms with Gasteiger partial charge in [-0.3, -0.25) is 0 Å². The molecule has 5 unspecified atom stereocenters. The minimum absolute atomic E-state index is 0.0532. The highest BCUT2D eigenvalue weighted by Gasteiger charge is 2.68. The van der Waals surface area contributed by atoms with E-state index in [2.05, 4.69) is 27.7 Å². The molecule has 0 aromatic heterocycles. The highest BCUT2D eigenvalue weighted by molar-refractivity contribution is 5.17. The van der Waals surface area contributed by atoms with Crippen LogP contribution < -0.4 is 0 Å². The van der Waals surface area contributed by atoms with Crippen molar-refractivity contribution in [2.45, 2.75) is 65.9 Å². The third-order valence-electron chi connectivity index (χ3n) is 6.94. The van der Waals surface area contributed by atoms with E-state index >= 15 is 0 Å². The molecule has 0 bridgehead atoms. The molecule has 0 aliphatic heterocycles.